The van der Waals surface area contributed by atoms with Gasteiger partial charge in [0.2, 0.25) is 0 Å². The predicted octanol–water partition coefficient (Wildman–Crippen LogP) is 2.10. The SMILES string of the molecule is CC(C)(C)OC1CC(OC2CCNCC2)C1. The molecule has 2 aliphatic rings. The van der Waals surface area contributed by atoms with E-state index in [9.17, 15) is 0 Å². The van der Waals surface area contributed by atoms with Crippen LogP contribution in [0.25, 0.3) is 0 Å². The Kier molecular flexibility index (Phi) is 3.88. The molecule has 0 spiro atoms. The van der Waals surface area contributed by atoms with E-state index in [1.54, 1.807) is 0 Å². The van der Waals surface area contributed by atoms with Gasteiger partial charge in [0.05, 0.1) is 23.9 Å². The number of hydrogen-bond donors (Lipinski definition) is 1. The zero-order chi connectivity index (χ0) is 11.6. The van der Waals surface area contributed by atoms with Crippen molar-refractivity contribution in [1.82, 2.24) is 5.32 Å². The normalized spacial score (nSPS) is 32.4. The van der Waals surface area contributed by atoms with Crippen LogP contribution in [-0.2, 0) is 9.47 Å². The van der Waals surface area contributed by atoms with E-state index in [0.29, 0.717) is 18.3 Å². The van der Waals surface area contributed by atoms with Gasteiger partial charge in [-0.1, -0.05) is 0 Å². The Labute approximate surface area is 98.9 Å². The van der Waals surface area contributed by atoms with Gasteiger partial charge in [-0.2, -0.15) is 0 Å². The van der Waals surface area contributed by atoms with Crippen molar-refractivity contribution in [3.05, 3.63) is 0 Å². The number of piperidine rings is 1. The molecule has 94 valence electrons. The molecule has 0 aromatic rings. The minimum atomic E-state index is -0.00953. The van der Waals surface area contributed by atoms with Crippen molar-refractivity contribution in [3.8, 4) is 0 Å². The molecule has 0 aromatic heterocycles. The topological polar surface area (TPSA) is 30.5 Å². The maximum atomic E-state index is 6.05. The molecule has 1 heterocycles. The van der Waals surface area contributed by atoms with Gasteiger partial charge < -0.3 is 14.8 Å². The van der Waals surface area contributed by atoms with Crippen molar-refractivity contribution in [3.63, 3.8) is 0 Å². The molecule has 1 saturated heterocycles. The van der Waals surface area contributed by atoms with E-state index < -0.39 is 0 Å². The van der Waals surface area contributed by atoms with Crippen molar-refractivity contribution >= 4 is 0 Å². The van der Waals surface area contributed by atoms with E-state index in [0.717, 1.165) is 25.9 Å². The highest BCUT2D eigenvalue weighted by atomic mass is 16.5. The molecule has 3 heteroatoms. The summed E-state index contributed by atoms with van der Waals surface area (Å²) in [4.78, 5) is 0. The van der Waals surface area contributed by atoms with Gasteiger partial charge in [0.25, 0.3) is 0 Å². The molecule has 0 atom stereocenters. The van der Waals surface area contributed by atoms with Crippen LogP contribution >= 0.6 is 0 Å². The van der Waals surface area contributed by atoms with Gasteiger partial charge in [-0.05, 0) is 59.5 Å². The minimum Gasteiger partial charge on any atom is -0.375 e. The summed E-state index contributed by atoms with van der Waals surface area (Å²) < 4.78 is 12.0. The first-order valence-electron chi connectivity index (χ1n) is 6.57. The van der Waals surface area contributed by atoms with E-state index in [1.165, 1.54) is 12.8 Å². The molecule has 0 amide bonds. The van der Waals surface area contributed by atoms with Gasteiger partial charge >= 0.3 is 0 Å². The second-order valence-corrected chi connectivity index (χ2v) is 6.03. The smallest absolute Gasteiger partial charge is 0.0631 e. The van der Waals surface area contributed by atoms with Gasteiger partial charge in [-0.15, -0.1) is 0 Å². The number of nitrogens with one attached hydrogen (secondary N) is 1. The van der Waals surface area contributed by atoms with E-state index in [-0.39, 0.29) is 5.60 Å². The summed E-state index contributed by atoms with van der Waals surface area (Å²) in [6.07, 6.45) is 5.87. The van der Waals surface area contributed by atoms with E-state index in [1.807, 2.05) is 0 Å². The molecule has 1 aliphatic carbocycles. The average Bonchev–Trinajstić information content (AvgIpc) is 2.14. The molecule has 0 aromatic carbocycles. The molecular formula is C13H25NO2. The Hall–Kier alpha value is -0.120. The highest BCUT2D eigenvalue weighted by molar-refractivity contribution is 4.85. The lowest BCUT2D eigenvalue weighted by molar-refractivity contribution is -0.165. The fourth-order valence-corrected chi connectivity index (χ4v) is 2.43. The Morgan fingerprint density at radius 2 is 1.56 bits per heavy atom. The summed E-state index contributed by atoms with van der Waals surface area (Å²) in [7, 11) is 0. The lowest BCUT2D eigenvalue weighted by atomic mass is 9.90. The Balaban J connectivity index is 1.61. The first kappa shape index (κ1) is 12.3. The first-order valence-corrected chi connectivity index (χ1v) is 6.57. The standard InChI is InChI=1S/C13H25NO2/c1-13(2,3)16-12-8-11(9-12)15-10-4-6-14-7-5-10/h10-12,14H,4-9H2,1-3H3. The van der Waals surface area contributed by atoms with Crippen LogP contribution in [0.1, 0.15) is 46.5 Å². The fourth-order valence-electron chi connectivity index (χ4n) is 2.43. The third kappa shape index (κ3) is 3.72. The van der Waals surface area contributed by atoms with Crippen molar-refractivity contribution in [2.75, 3.05) is 13.1 Å². The predicted molar refractivity (Wildman–Crippen MR) is 64.6 cm³/mol. The maximum absolute atomic E-state index is 6.05. The van der Waals surface area contributed by atoms with Crippen molar-refractivity contribution < 1.29 is 9.47 Å². The molecule has 2 fully saturated rings. The largest absolute Gasteiger partial charge is 0.375 e. The van der Waals surface area contributed by atoms with Crippen LogP contribution in [0.5, 0.6) is 0 Å². The molecular weight excluding hydrogens is 202 g/mol. The molecule has 3 nitrogen and oxygen atoms in total. The zero-order valence-electron chi connectivity index (χ0n) is 10.8. The molecule has 1 aliphatic heterocycles. The molecule has 1 saturated carbocycles. The highest BCUT2D eigenvalue weighted by Gasteiger charge is 2.35. The Bertz CT molecular complexity index is 212. The molecule has 1 N–H and O–H groups in total. The molecule has 0 radical (unpaired) electrons. The van der Waals surface area contributed by atoms with Crippen LogP contribution in [0.2, 0.25) is 0 Å². The quantitative estimate of drug-likeness (QED) is 0.801. The minimum absolute atomic E-state index is 0.00953. The molecule has 2 rings (SSSR count). The van der Waals surface area contributed by atoms with Crippen molar-refractivity contribution in [1.29, 1.82) is 0 Å². The molecule has 0 unspecified atom stereocenters. The molecule has 16 heavy (non-hydrogen) atoms. The maximum Gasteiger partial charge on any atom is 0.0631 e. The second-order valence-electron chi connectivity index (χ2n) is 6.03. The summed E-state index contributed by atoms with van der Waals surface area (Å²) in [6, 6.07) is 0. The number of rotatable bonds is 3. The number of ether oxygens (including phenoxy) is 2. The van der Waals surface area contributed by atoms with Crippen LogP contribution in [0.15, 0.2) is 0 Å². The third-order valence-corrected chi connectivity index (χ3v) is 3.24. The average molecular weight is 227 g/mol. The van der Waals surface area contributed by atoms with Gasteiger partial charge in [-0.3, -0.25) is 0 Å². The lowest BCUT2D eigenvalue weighted by Gasteiger charge is -2.41. The van der Waals surface area contributed by atoms with Crippen LogP contribution in [-0.4, -0.2) is 37.0 Å². The van der Waals surface area contributed by atoms with E-state index in [2.05, 4.69) is 26.1 Å². The second kappa shape index (κ2) is 5.03. The fraction of sp³-hybridized carbons (Fsp3) is 1.00. The summed E-state index contributed by atoms with van der Waals surface area (Å²) >= 11 is 0. The Morgan fingerprint density at radius 1 is 0.938 bits per heavy atom. The van der Waals surface area contributed by atoms with Gasteiger partial charge in [0, 0.05) is 0 Å². The van der Waals surface area contributed by atoms with Crippen LogP contribution < -0.4 is 5.32 Å². The summed E-state index contributed by atoms with van der Waals surface area (Å²) in [5, 5.41) is 3.36. The lowest BCUT2D eigenvalue weighted by Crippen LogP contribution is -2.44. The van der Waals surface area contributed by atoms with Gasteiger partial charge in [0.15, 0.2) is 0 Å². The first-order chi connectivity index (χ1) is 7.53. The summed E-state index contributed by atoms with van der Waals surface area (Å²) in [5.74, 6) is 0. The summed E-state index contributed by atoms with van der Waals surface area (Å²) in [6.45, 7) is 8.58. The van der Waals surface area contributed by atoms with Gasteiger partial charge in [-0.25, -0.2) is 0 Å². The van der Waals surface area contributed by atoms with Crippen LogP contribution in [0.4, 0.5) is 0 Å². The highest BCUT2D eigenvalue weighted by Crippen LogP contribution is 2.31. The number of hydrogen-bond acceptors (Lipinski definition) is 3. The third-order valence-electron chi connectivity index (χ3n) is 3.24. The zero-order valence-corrected chi connectivity index (χ0v) is 10.8. The summed E-state index contributed by atoms with van der Waals surface area (Å²) in [5.41, 5.74) is -0.00953. The van der Waals surface area contributed by atoms with Crippen LogP contribution in [0, 0.1) is 0 Å². The van der Waals surface area contributed by atoms with Crippen molar-refractivity contribution in [2.24, 2.45) is 0 Å². The van der Waals surface area contributed by atoms with Crippen molar-refractivity contribution in [2.45, 2.75) is 70.4 Å². The monoisotopic (exact) mass is 227 g/mol. The van der Waals surface area contributed by atoms with E-state index >= 15 is 0 Å². The Morgan fingerprint density at radius 3 is 2.12 bits per heavy atom. The van der Waals surface area contributed by atoms with Crippen LogP contribution in [0.3, 0.4) is 0 Å². The molecule has 0 bridgehead atoms. The van der Waals surface area contributed by atoms with Gasteiger partial charge in [0.1, 0.15) is 0 Å². The van der Waals surface area contributed by atoms with E-state index in [4.69, 9.17) is 9.47 Å².